The van der Waals surface area contributed by atoms with Crippen LogP contribution >= 0.6 is 0 Å². The van der Waals surface area contributed by atoms with Crippen LogP contribution in [0.3, 0.4) is 0 Å². The van der Waals surface area contributed by atoms with Crippen LogP contribution in [0.15, 0.2) is 47.5 Å². The summed E-state index contributed by atoms with van der Waals surface area (Å²) in [6, 6.07) is 11.2. The average Bonchev–Trinajstić information content (AvgIpc) is 2.90. The molecule has 7 heteroatoms. The third-order valence-corrected chi connectivity index (χ3v) is 6.33. The Morgan fingerprint density at radius 3 is 2.46 bits per heavy atom. The highest BCUT2D eigenvalue weighted by atomic mass is 32.2. The summed E-state index contributed by atoms with van der Waals surface area (Å²) in [7, 11) is 3.79. The lowest BCUT2D eigenvalue weighted by Crippen LogP contribution is -2.26. The van der Waals surface area contributed by atoms with E-state index >= 15 is 0 Å². The van der Waals surface area contributed by atoms with Crippen molar-refractivity contribution in [2.45, 2.75) is 18.4 Å². The Morgan fingerprint density at radius 2 is 1.85 bits per heavy atom. The number of rotatable bonds is 5. The Bertz CT molecular complexity index is 1050. The molecule has 0 bridgehead atoms. The van der Waals surface area contributed by atoms with Gasteiger partial charge < -0.3 is 4.90 Å². The van der Waals surface area contributed by atoms with Crippen LogP contribution in [0, 0.1) is 6.92 Å². The molecule has 3 rings (SSSR count). The van der Waals surface area contributed by atoms with Gasteiger partial charge in [-0.15, -0.1) is 0 Å². The molecule has 0 amide bonds. The van der Waals surface area contributed by atoms with Crippen LogP contribution in [0.2, 0.25) is 0 Å². The lowest BCUT2D eigenvalue weighted by Gasteiger charge is -2.19. The lowest BCUT2D eigenvalue weighted by molar-refractivity contribution is 0.466. The zero-order chi connectivity index (χ0) is 19.1. The number of sulfonamides is 1. The number of anilines is 1. The maximum Gasteiger partial charge on any atom is 0.243 e. The summed E-state index contributed by atoms with van der Waals surface area (Å²) < 4.78 is 29.1. The molecule has 1 aromatic heterocycles. The van der Waals surface area contributed by atoms with E-state index in [-0.39, 0.29) is 6.54 Å². The van der Waals surface area contributed by atoms with Crippen LogP contribution in [-0.2, 0) is 23.6 Å². The second kappa shape index (κ2) is 6.74. The van der Waals surface area contributed by atoms with Gasteiger partial charge in [-0.3, -0.25) is 4.68 Å². The van der Waals surface area contributed by atoms with E-state index in [4.69, 9.17) is 0 Å². The Kier molecular flexibility index (Phi) is 4.77. The smallest absolute Gasteiger partial charge is 0.243 e. The molecule has 26 heavy (non-hydrogen) atoms. The number of benzene rings is 2. The van der Waals surface area contributed by atoms with Gasteiger partial charge in [-0.25, -0.2) is 8.42 Å². The molecule has 0 aliphatic heterocycles. The van der Waals surface area contributed by atoms with E-state index in [0.717, 1.165) is 27.7 Å². The van der Waals surface area contributed by atoms with E-state index in [1.54, 1.807) is 23.9 Å². The predicted octanol–water partition coefficient (Wildman–Crippen LogP) is 2.77. The minimum absolute atomic E-state index is 0.289. The van der Waals surface area contributed by atoms with Gasteiger partial charge in [0.25, 0.3) is 0 Å². The predicted molar refractivity (Wildman–Crippen MR) is 105 cm³/mol. The Hall–Kier alpha value is -2.38. The van der Waals surface area contributed by atoms with Crippen LogP contribution in [0.25, 0.3) is 10.8 Å². The van der Waals surface area contributed by atoms with Crippen LogP contribution in [-0.4, -0.2) is 43.6 Å². The molecule has 0 fully saturated rings. The third-order valence-electron chi connectivity index (χ3n) is 4.53. The fraction of sp³-hybridized carbons (Fsp3) is 0.316. The van der Waals surface area contributed by atoms with Crippen molar-refractivity contribution in [3.8, 4) is 0 Å². The molecule has 2 aromatic carbocycles. The quantitative estimate of drug-likeness (QED) is 0.691. The second-order valence-electron chi connectivity index (χ2n) is 6.73. The largest absolute Gasteiger partial charge is 0.377 e. The summed E-state index contributed by atoms with van der Waals surface area (Å²) >= 11 is 0. The molecule has 0 N–H and O–H groups in total. The van der Waals surface area contributed by atoms with E-state index in [9.17, 15) is 8.42 Å². The van der Waals surface area contributed by atoms with Crippen LogP contribution in [0.1, 0.15) is 11.3 Å². The summed E-state index contributed by atoms with van der Waals surface area (Å²) in [5.74, 6) is 0. The molecule has 0 saturated carbocycles. The van der Waals surface area contributed by atoms with E-state index in [1.807, 2.05) is 63.4 Å². The van der Waals surface area contributed by atoms with Gasteiger partial charge in [0.2, 0.25) is 10.0 Å². The average molecular weight is 372 g/mol. The molecule has 0 spiro atoms. The molecule has 0 radical (unpaired) electrons. The van der Waals surface area contributed by atoms with Crippen LogP contribution in [0.4, 0.5) is 5.69 Å². The van der Waals surface area contributed by atoms with Crippen molar-refractivity contribution in [2.24, 2.45) is 7.05 Å². The summed E-state index contributed by atoms with van der Waals surface area (Å²) in [6.45, 7) is 2.17. The van der Waals surface area contributed by atoms with E-state index < -0.39 is 10.0 Å². The highest BCUT2D eigenvalue weighted by Crippen LogP contribution is 2.28. The number of fused-ring (bicyclic) bond motifs is 1. The lowest BCUT2D eigenvalue weighted by atomic mass is 10.1. The molecule has 1 heterocycles. The second-order valence-corrected chi connectivity index (χ2v) is 8.77. The maximum atomic E-state index is 13.0. The van der Waals surface area contributed by atoms with E-state index in [2.05, 4.69) is 5.10 Å². The minimum Gasteiger partial charge on any atom is -0.377 e. The van der Waals surface area contributed by atoms with Crippen molar-refractivity contribution in [3.05, 3.63) is 53.9 Å². The van der Waals surface area contributed by atoms with E-state index in [1.165, 1.54) is 4.31 Å². The highest BCUT2D eigenvalue weighted by molar-refractivity contribution is 7.89. The molecular formula is C19H24N4O2S. The van der Waals surface area contributed by atoms with Crippen LogP contribution < -0.4 is 4.90 Å². The van der Waals surface area contributed by atoms with Crippen molar-refractivity contribution in [2.75, 3.05) is 26.0 Å². The molecule has 138 valence electrons. The first-order valence-corrected chi connectivity index (χ1v) is 9.79. The molecule has 6 nitrogen and oxygen atoms in total. The molecular weight excluding hydrogens is 348 g/mol. The summed E-state index contributed by atoms with van der Waals surface area (Å²) in [5.41, 5.74) is 2.80. The monoisotopic (exact) mass is 372 g/mol. The number of hydrogen-bond acceptors (Lipinski definition) is 4. The molecule has 3 aromatic rings. The first-order chi connectivity index (χ1) is 12.2. The Balaban J connectivity index is 1.97. The molecule has 0 saturated heterocycles. The summed E-state index contributed by atoms with van der Waals surface area (Å²) in [6.07, 6.45) is 1.85. The number of aryl methyl sites for hydroxylation is 2. The highest BCUT2D eigenvalue weighted by Gasteiger charge is 2.22. The Morgan fingerprint density at radius 1 is 1.12 bits per heavy atom. The topological polar surface area (TPSA) is 58.4 Å². The SMILES string of the molecule is Cc1nn(C)cc1CN(C)S(=O)(=O)c1ccc2c(N(C)C)cccc2c1. The van der Waals surface area contributed by atoms with Gasteiger partial charge in [-0.1, -0.05) is 18.2 Å². The number of hydrogen-bond donors (Lipinski definition) is 0. The van der Waals surface area contributed by atoms with Gasteiger partial charge in [0.05, 0.1) is 10.6 Å². The van der Waals surface area contributed by atoms with Gasteiger partial charge in [-0.05, 0) is 30.5 Å². The van der Waals surface area contributed by atoms with Crippen LogP contribution in [0.5, 0.6) is 0 Å². The van der Waals surface area contributed by atoms with Crippen molar-refractivity contribution in [1.82, 2.24) is 14.1 Å². The van der Waals surface area contributed by atoms with Gasteiger partial charge in [0, 0.05) is 57.6 Å². The molecule has 0 aliphatic rings. The molecule has 0 aliphatic carbocycles. The Labute approximate surface area is 154 Å². The summed E-state index contributed by atoms with van der Waals surface area (Å²) in [5, 5.41) is 6.21. The number of nitrogens with zero attached hydrogens (tertiary/aromatic N) is 4. The zero-order valence-electron chi connectivity index (χ0n) is 15.8. The fourth-order valence-electron chi connectivity index (χ4n) is 3.10. The van der Waals surface area contributed by atoms with Crippen molar-refractivity contribution < 1.29 is 8.42 Å². The van der Waals surface area contributed by atoms with Crippen molar-refractivity contribution in [3.63, 3.8) is 0 Å². The normalized spacial score (nSPS) is 12.1. The van der Waals surface area contributed by atoms with Gasteiger partial charge in [0.15, 0.2) is 0 Å². The first kappa shape index (κ1) is 18.4. The number of aromatic nitrogens is 2. The third kappa shape index (κ3) is 3.32. The first-order valence-electron chi connectivity index (χ1n) is 8.35. The molecule has 0 unspecified atom stereocenters. The molecule has 0 atom stereocenters. The van der Waals surface area contributed by atoms with Gasteiger partial charge in [0.1, 0.15) is 0 Å². The van der Waals surface area contributed by atoms with E-state index in [0.29, 0.717) is 4.90 Å². The van der Waals surface area contributed by atoms with Crippen molar-refractivity contribution >= 4 is 26.5 Å². The van der Waals surface area contributed by atoms with Gasteiger partial charge >= 0.3 is 0 Å². The maximum absolute atomic E-state index is 13.0. The van der Waals surface area contributed by atoms with Crippen molar-refractivity contribution in [1.29, 1.82) is 0 Å². The minimum atomic E-state index is -3.59. The zero-order valence-corrected chi connectivity index (χ0v) is 16.6. The summed E-state index contributed by atoms with van der Waals surface area (Å²) in [4.78, 5) is 2.32. The standard InChI is InChI=1S/C19H24N4O2S/c1-14-16(12-22(4)20-14)13-23(5)26(24,25)17-9-10-18-15(11-17)7-6-8-19(18)21(2)3/h6-12H,13H2,1-5H3. The van der Waals surface area contributed by atoms with Gasteiger partial charge in [-0.2, -0.15) is 9.40 Å². The fourth-order valence-corrected chi connectivity index (χ4v) is 4.29.